The molecule has 1 aliphatic carbocycles. The Morgan fingerprint density at radius 2 is 1.89 bits per heavy atom. The van der Waals surface area contributed by atoms with Gasteiger partial charge in [-0.15, -0.1) is 5.10 Å². The molecule has 1 saturated carbocycles. The molecule has 0 aliphatic heterocycles. The van der Waals surface area contributed by atoms with Crippen molar-refractivity contribution >= 4 is 26.7 Å². The molecule has 192 valence electrons. The van der Waals surface area contributed by atoms with Gasteiger partial charge in [-0.25, -0.2) is 12.8 Å². The van der Waals surface area contributed by atoms with E-state index in [0.29, 0.717) is 34.6 Å². The third-order valence-corrected chi connectivity index (χ3v) is 8.16. The van der Waals surface area contributed by atoms with E-state index < -0.39 is 21.4 Å². The lowest BCUT2D eigenvalue weighted by atomic mass is 9.84. The average Bonchev–Trinajstić information content (AvgIpc) is 2.90. The van der Waals surface area contributed by atoms with Gasteiger partial charge >= 0.3 is 0 Å². The van der Waals surface area contributed by atoms with E-state index in [-0.39, 0.29) is 16.4 Å². The van der Waals surface area contributed by atoms with Crippen molar-refractivity contribution < 1.29 is 17.5 Å². The predicted octanol–water partition coefficient (Wildman–Crippen LogP) is 4.85. The zero-order valence-electron chi connectivity index (χ0n) is 20.4. The van der Waals surface area contributed by atoms with Crippen LogP contribution in [0, 0.1) is 11.7 Å². The lowest BCUT2D eigenvalue weighted by molar-refractivity contribution is 0.351. The van der Waals surface area contributed by atoms with Gasteiger partial charge in [-0.1, -0.05) is 32.1 Å². The van der Waals surface area contributed by atoms with E-state index in [4.69, 9.17) is 4.74 Å². The van der Waals surface area contributed by atoms with Crippen molar-refractivity contribution in [2.24, 2.45) is 5.92 Å². The Bertz CT molecular complexity index is 1600. The monoisotopic (exact) mass is 522 g/mol. The van der Waals surface area contributed by atoms with Gasteiger partial charge < -0.3 is 4.74 Å². The molecule has 37 heavy (non-hydrogen) atoms. The second kappa shape index (κ2) is 10.3. The molecule has 0 amide bonds. The summed E-state index contributed by atoms with van der Waals surface area (Å²) in [4.78, 5) is 13.0. The molecule has 1 N–H and O–H groups in total. The van der Waals surface area contributed by atoms with Gasteiger partial charge in [0.05, 0.1) is 23.2 Å². The predicted molar refractivity (Wildman–Crippen MR) is 139 cm³/mol. The molecule has 5 rings (SSSR count). The molecule has 4 aromatic rings. The van der Waals surface area contributed by atoms with Gasteiger partial charge in [0.1, 0.15) is 11.6 Å². The Balaban J connectivity index is 1.55. The summed E-state index contributed by atoms with van der Waals surface area (Å²) in [6.07, 6.45) is 7.80. The van der Waals surface area contributed by atoms with Crippen molar-refractivity contribution in [3.63, 3.8) is 0 Å². The molecule has 2 aromatic heterocycles. The number of nitrogens with one attached hydrogen (secondary N) is 1. The first-order valence-corrected chi connectivity index (χ1v) is 13.7. The molecule has 1 fully saturated rings. The Hall–Kier alpha value is -3.79. The second-order valence-electron chi connectivity index (χ2n) is 9.27. The van der Waals surface area contributed by atoms with Gasteiger partial charge in [0.15, 0.2) is 5.82 Å². The van der Waals surface area contributed by atoms with Crippen LogP contribution in [0.2, 0.25) is 0 Å². The summed E-state index contributed by atoms with van der Waals surface area (Å²) < 4.78 is 50.4. The molecule has 0 spiro atoms. The molecule has 2 heterocycles. The van der Waals surface area contributed by atoms with Crippen LogP contribution in [-0.2, 0) is 16.4 Å². The van der Waals surface area contributed by atoms with Crippen LogP contribution in [0.25, 0.3) is 16.6 Å². The summed E-state index contributed by atoms with van der Waals surface area (Å²) in [5.41, 5.74) is 0.864. The van der Waals surface area contributed by atoms with Crippen LogP contribution in [0.4, 0.5) is 10.2 Å². The summed E-state index contributed by atoms with van der Waals surface area (Å²) in [5, 5.41) is 7.91. The number of fused-ring (bicyclic) bond motifs is 1. The van der Waals surface area contributed by atoms with Crippen LogP contribution in [0.1, 0.15) is 37.7 Å². The van der Waals surface area contributed by atoms with Crippen LogP contribution < -0.4 is 15.0 Å². The van der Waals surface area contributed by atoms with Gasteiger partial charge in [0.2, 0.25) is 0 Å². The van der Waals surface area contributed by atoms with Crippen LogP contribution >= 0.6 is 0 Å². The van der Waals surface area contributed by atoms with Gasteiger partial charge in [0.25, 0.3) is 15.6 Å². The summed E-state index contributed by atoms with van der Waals surface area (Å²) in [5.74, 6) is 0.511. The van der Waals surface area contributed by atoms with Gasteiger partial charge in [0, 0.05) is 23.7 Å². The van der Waals surface area contributed by atoms with E-state index >= 15 is 4.39 Å². The molecule has 0 radical (unpaired) electrons. The smallest absolute Gasteiger partial charge is 0.263 e. The zero-order valence-corrected chi connectivity index (χ0v) is 21.2. The number of hydrogen-bond acceptors (Lipinski definition) is 6. The lowest BCUT2D eigenvalue weighted by Gasteiger charge is -2.22. The molecule has 10 heteroatoms. The number of rotatable bonds is 7. The number of pyridine rings is 1. The van der Waals surface area contributed by atoms with Crippen molar-refractivity contribution in [3.8, 4) is 11.4 Å². The maximum atomic E-state index is 15.3. The molecule has 2 aromatic carbocycles. The topological polar surface area (TPSA) is 103 Å². The minimum Gasteiger partial charge on any atom is -0.495 e. The maximum Gasteiger partial charge on any atom is 0.263 e. The third kappa shape index (κ3) is 5.20. The molecule has 0 bridgehead atoms. The van der Waals surface area contributed by atoms with Gasteiger partial charge in [-0.2, -0.15) is 5.10 Å². The van der Waals surface area contributed by atoms with E-state index in [1.165, 1.54) is 79.6 Å². The standard InChI is InChI=1S/C27H27FN4O4S/c1-36-25-16-20(14-18-6-3-2-4-7-18)22(28)17-24(25)32-23-11-10-21(15-19(23)9-12-27(32)33)37(34,35)31-26-8-5-13-29-30-26/h5,8-13,15-18H,2-4,6-7,14H2,1H3,(H,30,31). The van der Waals surface area contributed by atoms with E-state index in [1.807, 2.05) is 0 Å². The number of anilines is 1. The summed E-state index contributed by atoms with van der Waals surface area (Å²) in [7, 11) is -2.47. The first-order chi connectivity index (χ1) is 17.9. The minimum atomic E-state index is -3.96. The van der Waals surface area contributed by atoms with E-state index in [2.05, 4.69) is 14.9 Å². The number of halogens is 1. The van der Waals surface area contributed by atoms with E-state index in [1.54, 1.807) is 12.1 Å². The highest BCUT2D eigenvalue weighted by Crippen LogP contribution is 2.33. The number of nitrogens with zero attached hydrogens (tertiary/aromatic N) is 3. The number of hydrogen-bond donors (Lipinski definition) is 1. The zero-order chi connectivity index (χ0) is 26.0. The highest BCUT2D eigenvalue weighted by Gasteiger charge is 2.21. The van der Waals surface area contributed by atoms with Crippen molar-refractivity contribution in [2.75, 3.05) is 11.8 Å². The summed E-state index contributed by atoms with van der Waals surface area (Å²) in [6, 6.07) is 13.3. The van der Waals surface area contributed by atoms with Crippen LogP contribution in [-0.4, -0.2) is 30.3 Å². The minimum absolute atomic E-state index is 0.0168. The normalized spacial score (nSPS) is 14.5. The first kappa shape index (κ1) is 24.9. The molecule has 0 unspecified atom stereocenters. The fourth-order valence-electron chi connectivity index (χ4n) is 4.97. The maximum absolute atomic E-state index is 15.3. The summed E-state index contributed by atoms with van der Waals surface area (Å²) in [6.45, 7) is 0. The SMILES string of the molecule is COc1cc(CC2CCCCC2)c(F)cc1-n1c(=O)ccc2cc(S(=O)(=O)Nc3cccnn3)ccc21. The highest BCUT2D eigenvalue weighted by atomic mass is 32.2. The molecule has 0 saturated heterocycles. The molecule has 0 atom stereocenters. The number of ether oxygens (including phenoxy) is 1. The van der Waals surface area contributed by atoms with E-state index in [0.717, 1.165) is 12.8 Å². The largest absolute Gasteiger partial charge is 0.495 e. The lowest BCUT2D eigenvalue weighted by Crippen LogP contribution is -2.19. The van der Waals surface area contributed by atoms with Crippen molar-refractivity contribution in [3.05, 3.63) is 82.5 Å². The van der Waals surface area contributed by atoms with E-state index in [9.17, 15) is 13.2 Å². The van der Waals surface area contributed by atoms with Crippen molar-refractivity contribution in [2.45, 2.75) is 43.4 Å². The van der Waals surface area contributed by atoms with Gasteiger partial charge in [-0.3, -0.25) is 14.1 Å². The average molecular weight is 523 g/mol. The van der Waals surface area contributed by atoms with Crippen LogP contribution in [0.5, 0.6) is 5.75 Å². The fraction of sp³-hybridized carbons (Fsp3) is 0.296. The van der Waals surface area contributed by atoms with Crippen molar-refractivity contribution in [1.82, 2.24) is 14.8 Å². The molecular formula is C27H27FN4O4S. The van der Waals surface area contributed by atoms with Crippen LogP contribution in [0.3, 0.4) is 0 Å². The Kier molecular flexibility index (Phi) is 6.92. The number of sulfonamides is 1. The Morgan fingerprint density at radius 3 is 2.62 bits per heavy atom. The molecular weight excluding hydrogens is 495 g/mol. The Morgan fingerprint density at radius 1 is 1.08 bits per heavy atom. The van der Waals surface area contributed by atoms with Gasteiger partial charge in [-0.05, 0) is 60.4 Å². The molecule has 1 aliphatic rings. The van der Waals surface area contributed by atoms with Crippen LogP contribution in [0.15, 0.2) is 70.5 Å². The second-order valence-corrected chi connectivity index (χ2v) is 10.9. The highest BCUT2D eigenvalue weighted by molar-refractivity contribution is 7.92. The Labute approximate surface area is 214 Å². The quantitative estimate of drug-likeness (QED) is 0.372. The molecule has 8 nitrogen and oxygen atoms in total. The number of methoxy groups -OCH3 is 1. The fourth-order valence-corrected chi connectivity index (χ4v) is 6.01. The number of benzene rings is 2. The van der Waals surface area contributed by atoms with Crippen molar-refractivity contribution in [1.29, 1.82) is 0 Å². The third-order valence-electron chi connectivity index (χ3n) is 6.81. The first-order valence-electron chi connectivity index (χ1n) is 12.2. The number of aromatic nitrogens is 3. The summed E-state index contributed by atoms with van der Waals surface area (Å²) >= 11 is 0.